The summed E-state index contributed by atoms with van der Waals surface area (Å²) in [5.74, 6) is 0.0921. The first-order valence-electron chi connectivity index (χ1n) is 11.3. The number of hydrogen-bond donors (Lipinski definition) is 2. The maximum absolute atomic E-state index is 12.9. The SMILES string of the molecule is CC(C)(C)NC(=O)Nc1ccc(N2CCN(C(=O)c3ccc(C(C)(C)C)cc3)CC2)cc1. The number of nitrogens with zero attached hydrogens (tertiary/aromatic N) is 2. The number of hydrogen-bond acceptors (Lipinski definition) is 3. The lowest BCUT2D eigenvalue weighted by atomic mass is 9.86. The predicted molar refractivity (Wildman–Crippen MR) is 132 cm³/mol. The van der Waals surface area contributed by atoms with E-state index in [4.69, 9.17) is 0 Å². The lowest BCUT2D eigenvalue weighted by Crippen LogP contribution is -2.48. The molecule has 1 heterocycles. The molecule has 6 heteroatoms. The van der Waals surface area contributed by atoms with E-state index in [1.807, 2.05) is 62.1 Å². The fraction of sp³-hybridized carbons (Fsp3) is 0.462. The Morgan fingerprint density at radius 3 is 1.84 bits per heavy atom. The van der Waals surface area contributed by atoms with Gasteiger partial charge in [0.2, 0.25) is 0 Å². The van der Waals surface area contributed by atoms with Crippen LogP contribution >= 0.6 is 0 Å². The standard InChI is InChI=1S/C26H36N4O2/c1-25(2,3)20-9-7-19(8-10-20)23(31)30-17-15-29(16-18-30)22-13-11-21(12-14-22)27-24(32)28-26(4,5)6/h7-14H,15-18H2,1-6H3,(H2,27,28,32). The van der Waals surface area contributed by atoms with Crippen LogP contribution in [0.1, 0.15) is 57.5 Å². The lowest BCUT2D eigenvalue weighted by Gasteiger charge is -2.36. The molecule has 1 aliphatic rings. The Balaban J connectivity index is 1.54. The van der Waals surface area contributed by atoms with Crippen molar-refractivity contribution in [2.45, 2.75) is 52.5 Å². The van der Waals surface area contributed by atoms with Gasteiger partial charge in [-0.25, -0.2) is 4.79 Å². The van der Waals surface area contributed by atoms with E-state index in [-0.39, 0.29) is 22.9 Å². The number of piperazine rings is 1. The summed E-state index contributed by atoms with van der Waals surface area (Å²) in [5.41, 5.74) is 3.62. The van der Waals surface area contributed by atoms with E-state index in [1.165, 1.54) is 5.56 Å². The van der Waals surface area contributed by atoms with Crippen LogP contribution in [0.4, 0.5) is 16.2 Å². The minimum atomic E-state index is -0.282. The quantitative estimate of drug-likeness (QED) is 0.722. The second-order valence-electron chi connectivity index (χ2n) is 10.5. The van der Waals surface area contributed by atoms with Crippen LogP contribution in [-0.4, -0.2) is 48.6 Å². The molecule has 1 saturated heterocycles. The van der Waals surface area contributed by atoms with Gasteiger partial charge in [0.1, 0.15) is 0 Å². The minimum absolute atomic E-state index is 0.0780. The van der Waals surface area contributed by atoms with E-state index in [9.17, 15) is 9.59 Å². The predicted octanol–water partition coefficient (Wildman–Crippen LogP) is 4.87. The fourth-order valence-corrected chi connectivity index (χ4v) is 3.72. The Morgan fingerprint density at radius 2 is 1.34 bits per heavy atom. The van der Waals surface area contributed by atoms with Crippen LogP contribution < -0.4 is 15.5 Å². The zero-order valence-electron chi connectivity index (χ0n) is 20.2. The van der Waals surface area contributed by atoms with Crippen molar-refractivity contribution in [1.82, 2.24) is 10.2 Å². The smallest absolute Gasteiger partial charge is 0.319 e. The summed E-state index contributed by atoms with van der Waals surface area (Å²) in [6.45, 7) is 15.3. The number of carbonyl (C=O) groups excluding carboxylic acids is 2. The summed E-state index contributed by atoms with van der Waals surface area (Å²) < 4.78 is 0. The highest BCUT2D eigenvalue weighted by Crippen LogP contribution is 2.23. The molecule has 1 fully saturated rings. The van der Waals surface area contributed by atoms with Crippen LogP contribution in [-0.2, 0) is 5.41 Å². The molecule has 6 nitrogen and oxygen atoms in total. The summed E-state index contributed by atoms with van der Waals surface area (Å²) in [6.07, 6.45) is 0. The average Bonchev–Trinajstić information content (AvgIpc) is 2.72. The largest absolute Gasteiger partial charge is 0.368 e. The highest BCUT2D eigenvalue weighted by molar-refractivity contribution is 5.94. The third-order valence-electron chi connectivity index (χ3n) is 5.54. The second kappa shape index (κ2) is 9.23. The zero-order valence-corrected chi connectivity index (χ0v) is 20.2. The molecule has 2 aromatic rings. The molecule has 0 saturated carbocycles. The molecule has 1 aliphatic heterocycles. The lowest BCUT2D eigenvalue weighted by molar-refractivity contribution is 0.0746. The highest BCUT2D eigenvalue weighted by atomic mass is 16.2. The van der Waals surface area contributed by atoms with E-state index in [0.717, 1.165) is 30.0 Å². The van der Waals surface area contributed by atoms with Crippen molar-refractivity contribution in [1.29, 1.82) is 0 Å². The van der Waals surface area contributed by atoms with Crippen LogP contribution in [0.25, 0.3) is 0 Å². The van der Waals surface area contributed by atoms with Gasteiger partial charge in [0.25, 0.3) is 5.91 Å². The van der Waals surface area contributed by atoms with Gasteiger partial charge in [0, 0.05) is 48.7 Å². The molecular weight excluding hydrogens is 400 g/mol. The summed E-state index contributed by atoms with van der Waals surface area (Å²) >= 11 is 0. The normalized spacial score (nSPS) is 14.8. The van der Waals surface area contributed by atoms with Crippen molar-refractivity contribution < 1.29 is 9.59 Å². The van der Waals surface area contributed by atoms with Crippen molar-refractivity contribution >= 4 is 23.3 Å². The Hall–Kier alpha value is -3.02. The number of rotatable bonds is 3. The maximum Gasteiger partial charge on any atom is 0.319 e. The van der Waals surface area contributed by atoms with E-state index >= 15 is 0 Å². The molecular formula is C26H36N4O2. The van der Waals surface area contributed by atoms with Crippen molar-refractivity contribution in [2.24, 2.45) is 0 Å². The van der Waals surface area contributed by atoms with Crippen molar-refractivity contribution in [2.75, 3.05) is 36.4 Å². The van der Waals surface area contributed by atoms with Crippen molar-refractivity contribution in [3.63, 3.8) is 0 Å². The average molecular weight is 437 g/mol. The molecule has 0 unspecified atom stereocenters. The molecule has 3 rings (SSSR count). The first kappa shape index (κ1) is 23.6. The summed E-state index contributed by atoms with van der Waals surface area (Å²) in [4.78, 5) is 29.1. The van der Waals surface area contributed by atoms with Gasteiger partial charge in [-0.2, -0.15) is 0 Å². The molecule has 2 aromatic carbocycles. The molecule has 3 amide bonds. The molecule has 0 bridgehead atoms. The third kappa shape index (κ3) is 6.25. The van der Waals surface area contributed by atoms with Gasteiger partial charge in [-0.05, 0) is 68.1 Å². The number of carbonyl (C=O) groups is 2. The number of nitrogens with one attached hydrogen (secondary N) is 2. The minimum Gasteiger partial charge on any atom is -0.368 e. The van der Waals surface area contributed by atoms with E-state index < -0.39 is 0 Å². The van der Waals surface area contributed by atoms with E-state index in [1.54, 1.807) is 0 Å². The zero-order chi connectivity index (χ0) is 23.5. The number of anilines is 2. The van der Waals surface area contributed by atoms with Crippen LogP contribution in [0, 0.1) is 0 Å². The Morgan fingerprint density at radius 1 is 0.781 bits per heavy atom. The number of amides is 3. The van der Waals surface area contributed by atoms with Crippen LogP contribution in [0.2, 0.25) is 0 Å². The molecule has 0 radical (unpaired) electrons. The molecule has 0 aromatic heterocycles. The maximum atomic E-state index is 12.9. The fourth-order valence-electron chi connectivity index (χ4n) is 3.72. The summed E-state index contributed by atoms with van der Waals surface area (Å²) in [6, 6.07) is 15.6. The molecule has 0 atom stereocenters. The first-order valence-corrected chi connectivity index (χ1v) is 11.3. The topological polar surface area (TPSA) is 64.7 Å². The van der Waals surface area contributed by atoms with Crippen LogP contribution in [0.3, 0.4) is 0 Å². The Labute approximate surface area is 192 Å². The monoisotopic (exact) mass is 436 g/mol. The van der Waals surface area contributed by atoms with Gasteiger partial charge in [-0.15, -0.1) is 0 Å². The molecule has 172 valence electrons. The summed E-state index contributed by atoms with van der Waals surface area (Å²) in [7, 11) is 0. The number of urea groups is 1. The van der Waals surface area contributed by atoms with Gasteiger partial charge in [0.05, 0.1) is 0 Å². The van der Waals surface area contributed by atoms with Crippen molar-refractivity contribution in [3.8, 4) is 0 Å². The van der Waals surface area contributed by atoms with Crippen LogP contribution in [0.15, 0.2) is 48.5 Å². The van der Waals surface area contributed by atoms with Crippen molar-refractivity contribution in [3.05, 3.63) is 59.7 Å². The Kier molecular flexibility index (Phi) is 6.82. The molecule has 0 aliphatic carbocycles. The van der Waals surface area contributed by atoms with Gasteiger partial charge >= 0.3 is 6.03 Å². The number of benzene rings is 2. The van der Waals surface area contributed by atoms with E-state index in [0.29, 0.717) is 13.1 Å². The molecule has 32 heavy (non-hydrogen) atoms. The van der Waals surface area contributed by atoms with Crippen LogP contribution in [0.5, 0.6) is 0 Å². The van der Waals surface area contributed by atoms with E-state index in [2.05, 4.69) is 48.4 Å². The molecule has 2 N–H and O–H groups in total. The Bertz CT molecular complexity index is 930. The van der Waals surface area contributed by atoms with Gasteiger partial charge in [-0.1, -0.05) is 32.9 Å². The van der Waals surface area contributed by atoms with Gasteiger partial charge in [-0.3, -0.25) is 4.79 Å². The first-order chi connectivity index (χ1) is 14.9. The third-order valence-corrected chi connectivity index (χ3v) is 5.54. The second-order valence-corrected chi connectivity index (χ2v) is 10.5. The van der Waals surface area contributed by atoms with Gasteiger partial charge in [0.15, 0.2) is 0 Å². The highest BCUT2D eigenvalue weighted by Gasteiger charge is 2.23. The molecule has 0 spiro atoms. The summed E-state index contributed by atoms with van der Waals surface area (Å²) in [5, 5.41) is 5.75. The van der Waals surface area contributed by atoms with Gasteiger partial charge < -0.3 is 20.4 Å².